The van der Waals surface area contributed by atoms with Gasteiger partial charge in [0.2, 0.25) is 0 Å². The molecular formula is C11H15ClN2O2S. The van der Waals surface area contributed by atoms with E-state index in [9.17, 15) is 10.1 Å². The third kappa shape index (κ3) is 4.09. The summed E-state index contributed by atoms with van der Waals surface area (Å²) in [5.41, 5.74) is 0.726. The van der Waals surface area contributed by atoms with Crippen LogP contribution in [0.3, 0.4) is 0 Å². The SMILES string of the molecule is CSC(C)(C)CNc1ccc([N+](=O)[O-])cc1Cl. The number of non-ortho nitro benzene ring substituents is 1. The topological polar surface area (TPSA) is 55.2 Å². The summed E-state index contributed by atoms with van der Waals surface area (Å²) in [5.74, 6) is 0. The molecule has 1 N–H and O–H groups in total. The van der Waals surface area contributed by atoms with Crippen LogP contribution in [0.4, 0.5) is 11.4 Å². The van der Waals surface area contributed by atoms with Crippen molar-refractivity contribution >= 4 is 34.7 Å². The van der Waals surface area contributed by atoms with Gasteiger partial charge in [-0.15, -0.1) is 0 Å². The van der Waals surface area contributed by atoms with Gasteiger partial charge in [0.05, 0.1) is 15.6 Å². The fourth-order valence-electron chi connectivity index (χ4n) is 1.14. The summed E-state index contributed by atoms with van der Waals surface area (Å²) in [4.78, 5) is 10.1. The largest absolute Gasteiger partial charge is 0.382 e. The number of benzene rings is 1. The second-order valence-corrected chi connectivity index (χ2v) is 6.16. The van der Waals surface area contributed by atoms with E-state index in [0.29, 0.717) is 5.02 Å². The highest BCUT2D eigenvalue weighted by molar-refractivity contribution is 7.99. The summed E-state index contributed by atoms with van der Waals surface area (Å²) in [6.07, 6.45) is 2.04. The number of thioether (sulfide) groups is 1. The minimum absolute atomic E-state index is 0.00433. The van der Waals surface area contributed by atoms with Gasteiger partial charge in [-0.25, -0.2) is 0 Å². The van der Waals surface area contributed by atoms with Crippen LogP contribution in [0.15, 0.2) is 18.2 Å². The highest BCUT2D eigenvalue weighted by Crippen LogP contribution is 2.28. The van der Waals surface area contributed by atoms with Crippen LogP contribution in [0.5, 0.6) is 0 Å². The maximum atomic E-state index is 10.6. The van der Waals surface area contributed by atoms with Crippen molar-refractivity contribution in [3.05, 3.63) is 33.3 Å². The van der Waals surface area contributed by atoms with Gasteiger partial charge in [-0.2, -0.15) is 11.8 Å². The van der Waals surface area contributed by atoms with Crippen molar-refractivity contribution in [1.29, 1.82) is 0 Å². The minimum atomic E-state index is -0.457. The summed E-state index contributed by atoms with van der Waals surface area (Å²) in [5, 5.41) is 14.1. The first-order valence-corrected chi connectivity index (χ1v) is 6.69. The molecule has 0 bridgehead atoms. The molecule has 0 saturated heterocycles. The fourth-order valence-corrected chi connectivity index (χ4v) is 1.60. The molecule has 0 unspecified atom stereocenters. The molecule has 0 amide bonds. The third-order valence-electron chi connectivity index (χ3n) is 2.42. The number of nitro benzene ring substituents is 1. The average molecular weight is 275 g/mol. The zero-order chi connectivity index (χ0) is 13.1. The molecule has 0 spiro atoms. The molecule has 0 aromatic heterocycles. The molecule has 17 heavy (non-hydrogen) atoms. The number of hydrogen-bond donors (Lipinski definition) is 1. The quantitative estimate of drug-likeness (QED) is 0.655. The zero-order valence-electron chi connectivity index (χ0n) is 9.99. The van der Waals surface area contributed by atoms with Crippen LogP contribution in [0, 0.1) is 10.1 Å². The molecule has 6 heteroatoms. The minimum Gasteiger partial charge on any atom is -0.382 e. The lowest BCUT2D eigenvalue weighted by atomic mass is 10.2. The standard InChI is InChI=1S/C11H15ClN2O2S/c1-11(2,17-3)7-13-10-5-4-8(14(15)16)6-9(10)12/h4-6,13H,7H2,1-3H3. The molecule has 0 radical (unpaired) electrons. The van der Waals surface area contributed by atoms with E-state index in [1.165, 1.54) is 12.1 Å². The van der Waals surface area contributed by atoms with Gasteiger partial charge in [-0.05, 0) is 26.2 Å². The molecule has 94 valence electrons. The summed E-state index contributed by atoms with van der Waals surface area (Å²) >= 11 is 7.72. The van der Waals surface area contributed by atoms with Crippen molar-refractivity contribution in [2.45, 2.75) is 18.6 Å². The molecule has 1 rings (SSSR count). The second kappa shape index (κ2) is 5.60. The van der Waals surface area contributed by atoms with Crippen molar-refractivity contribution in [2.24, 2.45) is 0 Å². The molecule has 1 aromatic carbocycles. The van der Waals surface area contributed by atoms with Crippen LogP contribution in [0.25, 0.3) is 0 Å². The van der Waals surface area contributed by atoms with Gasteiger partial charge in [0, 0.05) is 23.4 Å². The second-order valence-electron chi connectivity index (χ2n) is 4.24. The third-order valence-corrected chi connectivity index (χ3v) is 3.98. The number of halogens is 1. The molecule has 0 aliphatic rings. The van der Waals surface area contributed by atoms with E-state index in [1.807, 2.05) is 6.26 Å². The Kier molecular flexibility index (Phi) is 4.65. The Balaban J connectivity index is 2.77. The normalized spacial score (nSPS) is 11.3. The highest BCUT2D eigenvalue weighted by atomic mass is 35.5. The molecule has 0 atom stereocenters. The van der Waals surface area contributed by atoms with Gasteiger partial charge >= 0.3 is 0 Å². The number of anilines is 1. The van der Waals surface area contributed by atoms with Crippen LogP contribution in [-0.2, 0) is 0 Å². The van der Waals surface area contributed by atoms with E-state index in [0.717, 1.165) is 12.2 Å². The van der Waals surface area contributed by atoms with Crippen molar-refractivity contribution < 1.29 is 4.92 Å². The van der Waals surface area contributed by atoms with Crippen LogP contribution in [-0.4, -0.2) is 22.5 Å². The highest BCUT2D eigenvalue weighted by Gasteiger charge is 2.16. The van der Waals surface area contributed by atoms with Gasteiger partial charge in [-0.3, -0.25) is 10.1 Å². The Morgan fingerprint density at radius 2 is 2.18 bits per heavy atom. The van der Waals surface area contributed by atoms with Crippen molar-refractivity contribution in [3.8, 4) is 0 Å². The maximum Gasteiger partial charge on any atom is 0.271 e. The first-order chi connectivity index (χ1) is 7.85. The predicted octanol–water partition coefficient (Wildman–Crippen LogP) is 3.80. The lowest BCUT2D eigenvalue weighted by molar-refractivity contribution is -0.384. The average Bonchev–Trinajstić information content (AvgIpc) is 2.27. The predicted molar refractivity (Wildman–Crippen MR) is 74.2 cm³/mol. The van der Waals surface area contributed by atoms with Crippen LogP contribution in [0.1, 0.15) is 13.8 Å². The molecule has 0 fully saturated rings. The zero-order valence-corrected chi connectivity index (χ0v) is 11.6. The van der Waals surface area contributed by atoms with Gasteiger partial charge in [0.25, 0.3) is 5.69 Å². The maximum absolute atomic E-state index is 10.6. The van der Waals surface area contributed by atoms with Crippen LogP contribution < -0.4 is 5.32 Å². The number of nitrogens with zero attached hydrogens (tertiary/aromatic N) is 1. The van der Waals surface area contributed by atoms with E-state index in [4.69, 9.17) is 11.6 Å². The fraction of sp³-hybridized carbons (Fsp3) is 0.455. The van der Waals surface area contributed by atoms with E-state index in [-0.39, 0.29) is 10.4 Å². The molecule has 1 aromatic rings. The number of nitro groups is 1. The Bertz CT molecular complexity index is 424. The monoisotopic (exact) mass is 274 g/mol. The Labute approximate surface area is 110 Å². The molecule has 0 aliphatic carbocycles. The van der Waals surface area contributed by atoms with Crippen LogP contribution >= 0.6 is 23.4 Å². The summed E-state index contributed by atoms with van der Waals surface area (Å²) in [6.45, 7) is 4.97. The molecular weight excluding hydrogens is 260 g/mol. The lowest BCUT2D eigenvalue weighted by Gasteiger charge is -2.23. The van der Waals surface area contributed by atoms with E-state index in [1.54, 1.807) is 17.8 Å². The Morgan fingerprint density at radius 3 is 2.65 bits per heavy atom. The summed E-state index contributed by atoms with van der Waals surface area (Å²) in [7, 11) is 0. The van der Waals surface area contributed by atoms with Crippen molar-refractivity contribution in [3.63, 3.8) is 0 Å². The summed E-state index contributed by atoms with van der Waals surface area (Å²) < 4.78 is 0.0884. The van der Waals surface area contributed by atoms with Gasteiger partial charge in [0.1, 0.15) is 0 Å². The van der Waals surface area contributed by atoms with E-state index in [2.05, 4.69) is 19.2 Å². The van der Waals surface area contributed by atoms with Gasteiger partial charge in [0.15, 0.2) is 0 Å². The smallest absolute Gasteiger partial charge is 0.271 e. The molecule has 0 saturated carbocycles. The molecule has 4 nitrogen and oxygen atoms in total. The van der Waals surface area contributed by atoms with Crippen molar-refractivity contribution in [1.82, 2.24) is 0 Å². The van der Waals surface area contributed by atoms with Gasteiger partial charge in [-0.1, -0.05) is 11.6 Å². The van der Waals surface area contributed by atoms with Crippen molar-refractivity contribution in [2.75, 3.05) is 18.1 Å². The van der Waals surface area contributed by atoms with Crippen LogP contribution in [0.2, 0.25) is 5.02 Å². The molecule has 0 aliphatic heterocycles. The van der Waals surface area contributed by atoms with Gasteiger partial charge < -0.3 is 5.32 Å². The number of hydrogen-bond acceptors (Lipinski definition) is 4. The number of rotatable bonds is 5. The Hall–Kier alpha value is -0.940. The lowest BCUT2D eigenvalue weighted by Crippen LogP contribution is -2.25. The van der Waals surface area contributed by atoms with E-state index >= 15 is 0 Å². The first-order valence-electron chi connectivity index (χ1n) is 5.09. The number of nitrogens with one attached hydrogen (secondary N) is 1. The first kappa shape index (κ1) is 14.1. The summed E-state index contributed by atoms with van der Waals surface area (Å²) in [6, 6.07) is 4.44. The molecule has 0 heterocycles. The van der Waals surface area contributed by atoms with E-state index < -0.39 is 4.92 Å². The Morgan fingerprint density at radius 1 is 1.53 bits per heavy atom.